The molecule has 3 heteroatoms. The van der Waals surface area contributed by atoms with Crippen LogP contribution >= 0.6 is 0 Å². The summed E-state index contributed by atoms with van der Waals surface area (Å²) in [6.45, 7) is 1.96. The molecule has 0 aliphatic carbocycles. The fourth-order valence-corrected chi connectivity index (χ4v) is 0.543. The van der Waals surface area contributed by atoms with Crippen LogP contribution in [0.4, 0.5) is 0 Å². The van der Waals surface area contributed by atoms with Gasteiger partial charge in [0, 0.05) is 11.9 Å². The van der Waals surface area contributed by atoms with Crippen molar-refractivity contribution in [2.75, 3.05) is 0 Å². The summed E-state index contributed by atoms with van der Waals surface area (Å²) < 4.78 is 0. The number of hydrogen-bond donors (Lipinski definition) is 3. The molecule has 0 spiro atoms. The molecule has 0 bridgehead atoms. The average Bonchev–Trinajstić information content (AvgIpc) is 1.87. The Morgan fingerprint density at radius 1 is 1.86 bits per heavy atom. The number of nitrogens with one attached hydrogen (secondary N) is 2. The molecule has 0 saturated heterocycles. The van der Waals surface area contributed by atoms with E-state index in [1.165, 1.54) is 0 Å². The van der Waals surface area contributed by atoms with E-state index in [0.717, 1.165) is 5.70 Å². The zero-order valence-corrected chi connectivity index (χ0v) is 4.23. The summed E-state index contributed by atoms with van der Waals surface area (Å²) in [5.41, 5.74) is 6.44. The van der Waals surface area contributed by atoms with E-state index in [1.54, 1.807) is 0 Å². The average molecular weight is 99.1 g/mol. The number of hydrogen-bond acceptors (Lipinski definition) is 3. The van der Waals surface area contributed by atoms with Gasteiger partial charge in [0.15, 0.2) is 0 Å². The second-order valence-electron chi connectivity index (χ2n) is 1.62. The Balaban J connectivity index is 2.42. The Labute approximate surface area is 42.6 Å². The Kier molecular flexibility index (Phi) is 0.906. The molecular formula is C4H9N3. The smallest absolute Gasteiger partial charge is 0.149 e. The molecule has 1 unspecified atom stereocenters. The Bertz CT molecular complexity index is 97.1. The van der Waals surface area contributed by atoms with Gasteiger partial charge in [-0.2, -0.15) is 0 Å². The summed E-state index contributed by atoms with van der Waals surface area (Å²) in [5.74, 6) is 0. The third kappa shape index (κ3) is 0.838. The Morgan fingerprint density at radius 2 is 2.57 bits per heavy atom. The molecule has 3 nitrogen and oxygen atoms in total. The van der Waals surface area contributed by atoms with Crippen molar-refractivity contribution >= 4 is 0 Å². The van der Waals surface area contributed by atoms with Crippen LogP contribution in [-0.4, -0.2) is 6.29 Å². The predicted octanol–water partition coefficient (Wildman–Crippen LogP) is -0.717. The van der Waals surface area contributed by atoms with Gasteiger partial charge in [-0.05, 0) is 6.92 Å². The molecule has 1 atom stereocenters. The van der Waals surface area contributed by atoms with Crippen LogP contribution in [0.2, 0.25) is 0 Å². The van der Waals surface area contributed by atoms with Gasteiger partial charge in [-0.15, -0.1) is 0 Å². The van der Waals surface area contributed by atoms with Gasteiger partial charge in [0.2, 0.25) is 0 Å². The van der Waals surface area contributed by atoms with E-state index in [-0.39, 0.29) is 6.29 Å². The van der Waals surface area contributed by atoms with Crippen molar-refractivity contribution < 1.29 is 0 Å². The summed E-state index contributed by atoms with van der Waals surface area (Å²) in [5, 5.41) is 5.82. The lowest BCUT2D eigenvalue weighted by atomic mass is 10.6. The van der Waals surface area contributed by atoms with Crippen molar-refractivity contribution in [1.29, 1.82) is 0 Å². The largest absolute Gasteiger partial charge is 0.358 e. The van der Waals surface area contributed by atoms with Crippen LogP contribution in [0.3, 0.4) is 0 Å². The monoisotopic (exact) mass is 99.1 g/mol. The molecular weight excluding hydrogens is 90.1 g/mol. The predicted molar refractivity (Wildman–Crippen MR) is 28.0 cm³/mol. The normalized spacial score (nSPS) is 28.3. The summed E-state index contributed by atoms with van der Waals surface area (Å²) in [7, 11) is 0. The van der Waals surface area contributed by atoms with Gasteiger partial charge in [-0.25, -0.2) is 0 Å². The van der Waals surface area contributed by atoms with Crippen LogP contribution < -0.4 is 16.4 Å². The zero-order chi connectivity index (χ0) is 5.28. The van der Waals surface area contributed by atoms with Crippen LogP contribution in [-0.2, 0) is 0 Å². The van der Waals surface area contributed by atoms with E-state index in [1.807, 2.05) is 13.1 Å². The SMILES string of the molecule is CC1=CNC(N)N1. The number of nitrogens with two attached hydrogens (primary N) is 1. The Morgan fingerprint density at radius 3 is 2.71 bits per heavy atom. The molecule has 1 aliphatic rings. The Hall–Kier alpha value is -0.700. The van der Waals surface area contributed by atoms with E-state index < -0.39 is 0 Å². The zero-order valence-electron chi connectivity index (χ0n) is 4.23. The van der Waals surface area contributed by atoms with Gasteiger partial charge in [0.1, 0.15) is 6.29 Å². The molecule has 1 aliphatic heterocycles. The van der Waals surface area contributed by atoms with Crippen molar-refractivity contribution in [2.24, 2.45) is 5.73 Å². The highest BCUT2D eigenvalue weighted by molar-refractivity contribution is 5.01. The molecule has 4 N–H and O–H groups in total. The highest BCUT2D eigenvalue weighted by Crippen LogP contribution is 1.89. The first-order chi connectivity index (χ1) is 3.29. The van der Waals surface area contributed by atoms with E-state index in [2.05, 4.69) is 10.6 Å². The molecule has 40 valence electrons. The fraction of sp³-hybridized carbons (Fsp3) is 0.500. The first-order valence-electron chi connectivity index (χ1n) is 2.24. The number of allylic oxidation sites excluding steroid dienone is 1. The van der Waals surface area contributed by atoms with Crippen LogP contribution in [0, 0.1) is 0 Å². The molecule has 7 heavy (non-hydrogen) atoms. The van der Waals surface area contributed by atoms with Crippen LogP contribution in [0.1, 0.15) is 6.92 Å². The van der Waals surface area contributed by atoms with Gasteiger partial charge in [-0.3, -0.25) is 5.73 Å². The minimum Gasteiger partial charge on any atom is -0.358 e. The minimum atomic E-state index is -0.0694. The topological polar surface area (TPSA) is 50.1 Å². The molecule has 0 radical (unpaired) electrons. The molecule has 0 aromatic rings. The maximum Gasteiger partial charge on any atom is 0.149 e. The van der Waals surface area contributed by atoms with Crippen molar-refractivity contribution in [1.82, 2.24) is 10.6 Å². The molecule has 1 heterocycles. The summed E-state index contributed by atoms with van der Waals surface area (Å²) in [4.78, 5) is 0. The first kappa shape index (κ1) is 4.46. The highest BCUT2D eigenvalue weighted by atomic mass is 15.3. The van der Waals surface area contributed by atoms with E-state index in [4.69, 9.17) is 5.73 Å². The summed E-state index contributed by atoms with van der Waals surface area (Å²) in [6.07, 6.45) is 1.78. The van der Waals surface area contributed by atoms with Gasteiger partial charge >= 0.3 is 0 Å². The molecule has 0 amide bonds. The molecule has 0 fully saturated rings. The number of rotatable bonds is 0. The molecule has 0 aromatic heterocycles. The maximum absolute atomic E-state index is 5.35. The molecule has 0 saturated carbocycles. The van der Waals surface area contributed by atoms with Crippen LogP contribution in [0.15, 0.2) is 11.9 Å². The third-order valence-electron chi connectivity index (χ3n) is 0.863. The standard InChI is InChI=1S/C4H9N3/c1-3-2-6-4(5)7-3/h2,4,6-7H,5H2,1H3. The summed E-state index contributed by atoms with van der Waals surface area (Å²) >= 11 is 0. The second-order valence-corrected chi connectivity index (χ2v) is 1.62. The lowest BCUT2D eigenvalue weighted by molar-refractivity contribution is 0.585. The van der Waals surface area contributed by atoms with E-state index in [0.29, 0.717) is 0 Å². The lowest BCUT2D eigenvalue weighted by Gasteiger charge is -2.03. The molecule has 1 rings (SSSR count). The quantitative estimate of drug-likeness (QED) is 0.376. The minimum absolute atomic E-state index is 0.0694. The first-order valence-corrected chi connectivity index (χ1v) is 2.24. The second kappa shape index (κ2) is 1.42. The third-order valence-corrected chi connectivity index (χ3v) is 0.863. The van der Waals surface area contributed by atoms with Crippen molar-refractivity contribution in [3.05, 3.63) is 11.9 Å². The van der Waals surface area contributed by atoms with E-state index in [9.17, 15) is 0 Å². The lowest BCUT2D eigenvalue weighted by Crippen LogP contribution is -2.40. The maximum atomic E-state index is 5.35. The van der Waals surface area contributed by atoms with Crippen molar-refractivity contribution in [3.8, 4) is 0 Å². The highest BCUT2D eigenvalue weighted by Gasteiger charge is 2.02. The van der Waals surface area contributed by atoms with Gasteiger partial charge in [0.05, 0.1) is 0 Å². The molecule has 0 aromatic carbocycles. The van der Waals surface area contributed by atoms with Gasteiger partial charge in [-0.1, -0.05) is 0 Å². The van der Waals surface area contributed by atoms with Gasteiger partial charge in [0.25, 0.3) is 0 Å². The van der Waals surface area contributed by atoms with E-state index >= 15 is 0 Å². The van der Waals surface area contributed by atoms with Crippen molar-refractivity contribution in [2.45, 2.75) is 13.2 Å². The fourth-order valence-electron chi connectivity index (χ4n) is 0.543. The van der Waals surface area contributed by atoms with Crippen molar-refractivity contribution in [3.63, 3.8) is 0 Å². The summed E-state index contributed by atoms with van der Waals surface area (Å²) in [6, 6.07) is 0. The van der Waals surface area contributed by atoms with Crippen LogP contribution in [0.5, 0.6) is 0 Å². The van der Waals surface area contributed by atoms with Crippen LogP contribution in [0.25, 0.3) is 0 Å². The van der Waals surface area contributed by atoms with Gasteiger partial charge < -0.3 is 10.6 Å².